The normalized spacial score (nSPS) is 27.3. The van der Waals surface area contributed by atoms with Gasteiger partial charge in [0.1, 0.15) is 12.7 Å². The van der Waals surface area contributed by atoms with Crippen molar-refractivity contribution in [2.75, 3.05) is 20.3 Å². The first-order valence-electron chi connectivity index (χ1n) is 18.1. The molecule has 5 rings (SSSR count). The summed E-state index contributed by atoms with van der Waals surface area (Å²) in [5.74, 6) is -5.85. The third kappa shape index (κ3) is 9.85. The molecule has 0 aliphatic carbocycles. The molecule has 302 valence electrons. The number of hydrogen-bond donors (Lipinski definition) is 2. The fraction of sp³-hybridized carbons (Fsp3) is 0.475. The lowest BCUT2D eigenvalue weighted by Gasteiger charge is -2.46. The van der Waals surface area contributed by atoms with Crippen LogP contribution in [0.2, 0.25) is 0 Å². The van der Waals surface area contributed by atoms with E-state index >= 15 is 0 Å². The largest absolute Gasteiger partial charge is 0.504 e. The van der Waals surface area contributed by atoms with Crippen LogP contribution in [-0.4, -0.2) is 102 Å². The highest BCUT2D eigenvalue weighted by atomic mass is 16.8. The molecule has 3 heterocycles. The van der Waals surface area contributed by atoms with Crippen LogP contribution >= 0.6 is 0 Å². The number of esters is 5. The van der Waals surface area contributed by atoms with Crippen molar-refractivity contribution in [2.24, 2.45) is 11.8 Å². The summed E-state index contributed by atoms with van der Waals surface area (Å²) in [4.78, 5) is 64.5. The third-order valence-electron chi connectivity index (χ3n) is 9.83. The Hall–Kier alpha value is -5.45. The number of benzene rings is 2. The lowest BCUT2D eigenvalue weighted by atomic mass is 9.76. The van der Waals surface area contributed by atoms with Gasteiger partial charge in [-0.15, -0.1) is 6.58 Å². The molecule has 0 radical (unpaired) electrons. The third-order valence-corrected chi connectivity index (χ3v) is 9.83. The van der Waals surface area contributed by atoms with E-state index in [1.165, 1.54) is 25.5 Å². The van der Waals surface area contributed by atoms with E-state index in [1.54, 1.807) is 6.07 Å². The molecule has 0 amide bonds. The number of methoxy groups -OCH3 is 1. The monoisotopic (exact) mass is 781 g/mol. The number of rotatable bonds is 13. The molecule has 3 aliphatic rings. The van der Waals surface area contributed by atoms with Crippen LogP contribution in [0, 0.1) is 11.8 Å². The molecule has 2 aromatic rings. The molecule has 0 spiro atoms. The maximum Gasteiger partial charge on any atom is 0.337 e. The van der Waals surface area contributed by atoms with Crippen LogP contribution in [0.3, 0.4) is 0 Å². The predicted molar refractivity (Wildman–Crippen MR) is 193 cm³/mol. The number of nitrogens with zero attached hydrogens (tertiary/aromatic N) is 1. The van der Waals surface area contributed by atoms with Gasteiger partial charge in [-0.05, 0) is 41.7 Å². The Morgan fingerprint density at radius 2 is 1.52 bits per heavy atom. The van der Waals surface area contributed by atoms with E-state index in [9.17, 15) is 34.2 Å². The summed E-state index contributed by atoms with van der Waals surface area (Å²) in [6.07, 6.45) is -5.00. The van der Waals surface area contributed by atoms with E-state index in [4.69, 9.17) is 37.9 Å². The van der Waals surface area contributed by atoms with Crippen molar-refractivity contribution in [3.05, 3.63) is 83.6 Å². The highest BCUT2D eigenvalue weighted by molar-refractivity contribution is 5.89. The zero-order chi connectivity index (χ0) is 40.7. The second-order valence-electron chi connectivity index (χ2n) is 13.7. The molecule has 3 aliphatic heterocycles. The Labute approximate surface area is 323 Å². The number of carbonyl (C=O) groups is 5. The average molecular weight is 782 g/mol. The number of phenols is 2. The molecule has 1 saturated heterocycles. The number of hydrogen-bond acceptors (Lipinski definition) is 16. The van der Waals surface area contributed by atoms with Crippen molar-refractivity contribution in [1.82, 2.24) is 4.90 Å². The fourth-order valence-corrected chi connectivity index (χ4v) is 7.45. The SMILES string of the molecule is C=C[C@H]1[C@H](O[C@@H]2O[C@H](COC(C)=O)[C@@H](OC(C)=O)[C@H](OC(C)=O)[C@H]2OC(C)=O)OC=C(C(=O)OC)[C@H]1C[C@H]1c2cc(O)c(O)cc2CCN1Cc1ccccc1. The van der Waals surface area contributed by atoms with E-state index in [1.807, 2.05) is 30.3 Å². The van der Waals surface area contributed by atoms with Crippen LogP contribution in [0.15, 0.2) is 67.0 Å². The summed E-state index contributed by atoms with van der Waals surface area (Å²) in [7, 11) is 1.24. The topological polar surface area (TPSA) is 203 Å². The smallest absolute Gasteiger partial charge is 0.337 e. The van der Waals surface area contributed by atoms with Gasteiger partial charge in [-0.25, -0.2) is 4.79 Å². The Kier molecular flexibility index (Phi) is 13.7. The van der Waals surface area contributed by atoms with Crippen LogP contribution in [-0.2, 0) is 74.8 Å². The Bertz CT molecular complexity index is 1810. The van der Waals surface area contributed by atoms with Gasteiger partial charge in [0.2, 0.25) is 12.6 Å². The zero-order valence-corrected chi connectivity index (χ0v) is 31.8. The van der Waals surface area contributed by atoms with Crippen molar-refractivity contribution in [3.63, 3.8) is 0 Å². The summed E-state index contributed by atoms with van der Waals surface area (Å²) in [6, 6.07) is 12.4. The van der Waals surface area contributed by atoms with E-state index in [0.29, 0.717) is 19.5 Å². The highest BCUT2D eigenvalue weighted by Crippen LogP contribution is 2.46. The molecule has 2 aromatic carbocycles. The molecular weight excluding hydrogens is 734 g/mol. The maximum absolute atomic E-state index is 13.4. The second kappa shape index (κ2) is 18.5. The molecule has 2 N–H and O–H groups in total. The van der Waals surface area contributed by atoms with E-state index < -0.39 is 91.3 Å². The van der Waals surface area contributed by atoms with Crippen molar-refractivity contribution >= 4 is 29.8 Å². The van der Waals surface area contributed by atoms with Crippen LogP contribution in [0.1, 0.15) is 56.8 Å². The minimum absolute atomic E-state index is 0.161. The van der Waals surface area contributed by atoms with E-state index in [2.05, 4.69) is 11.5 Å². The van der Waals surface area contributed by atoms with Gasteiger partial charge < -0.3 is 48.1 Å². The Morgan fingerprint density at radius 1 is 0.875 bits per heavy atom. The van der Waals surface area contributed by atoms with E-state index in [-0.39, 0.29) is 23.5 Å². The van der Waals surface area contributed by atoms with Crippen molar-refractivity contribution < 1.29 is 72.1 Å². The van der Waals surface area contributed by atoms with Crippen LogP contribution in [0.5, 0.6) is 11.5 Å². The van der Waals surface area contributed by atoms with Gasteiger partial charge in [0.05, 0.1) is 18.9 Å². The van der Waals surface area contributed by atoms with Gasteiger partial charge in [0, 0.05) is 58.7 Å². The predicted octanol–water partition coefficient (Wildman–Crippen LogP) is 3.52. The maximum atomic E-state index is 13.4. The Balaban J connectivity index is 1.54. The van der Waals surface area contributed by atoms with Crippen molar-refractivity contribution in [3.8, 4) is 11.5 Å². The fourth-order valence-electron chi connectivity index (χ4n) is 7.45. The zero-order valence-electron chi connectivity index (χ0n) is 31.8. The van der Waals surface area contributed by atoms with Gasteiger partial charge in [-0.2, -0.15) is 0 Å². The van der Waals surface area contributed by atoms with Crippen molar-refractivity contribution in [2.45, 2.75) is 90.1 Å². The number of ether oxygens (including phenoxy) is 8. The first-order valence-corrected chi connectivity index (χ1v) is 18.1. The van der Waals surface area contributed by atoms with Crippen LogP contribution in [0.4, 0.5) is 0 Å². The molecule has 9 atom stereocenters. The highest BCUT2D eigenvalue weighted by Gasteiger charge is 2.54. The molecule has 0 aromatic heterocycles. The molecule has 16 heteroatoms. The van der Waals surface area contributed by atoms with Crippen LogP contribution < -0.4 is 0 Å². The minimum Gasteiger partial charge on any atom is -0.504 e. The lowest BCUT2D eigenvalue weighted by molar-refractivity contribution is -0.342. The minimum atomic E-state index is -1.58. The summed E-state index contributed by atoms with van der Waals surface area (Å²) < 4.78 is 45.6. The summed E-state index contributed by atoms with van der Waals surface area (Å²) in [6.45, 7) is 9.17. The number of carbonyl (C=O) groups excluding carboxylic acids is 5. The molecular formula is C40H47NO15. The van der Waals surface area contributed by atoms with Gasteiger partial charge in [-0.3, -0.25) is 24.1 Å². The quantitative estimate of drug-likeness (QED) is 0.129. The van der Waals surface area contributed by atoms with Crippen LogP contribution in [0.25, 0.3) is 0 Å². The van der Waals surface area contributed by atoms with E-state index in [0.717, 1.165) is 44.4 Å². The molecule has 16 nitrogen and oxygen atoms in total. The first-order chi connectivity index (χ1) is 26.7. The van der Waals surface area contributed by atoms with Crippen molar-refractivity contribution in [1.29, 1.82) is 0 Å². The lowest BCUT2D eigenvalue weighted by Crippen LogP contribution is -2.63. The Morgan fingerprint density at radius 3 is 2.14 bits per heavy atom. The molecule has 0 saturated carbocycles. The summed E-state index contributed by atoms with van der Waals surface area (Å²) in [5.41, 5.74) is 2.77. The molecule has 1 fully saturated rings. The summed E-state index contributed by atoms with van der Waals surface area (Å²) in [5, 5.41) is 21.0. The average Bonchev–Trinajstić information content (AvgIpc) is 3.14. The van der Waals surface area contributed by atoms with Gasteiger partial charge in [0.25, 0.3) is 0 Å². The van der Waals surface area contributed by atoms with Gasteiger partial charge >= 0.3 is 29.8 Å². The second-order valence-corrected chi connectivity index (χ2v) is 13.7. The standard InChI is InChI=1S/C40H47NO15/c1-7-27-29(16-31-28-17-33(47)32(46)15-26(28)13-14-41(31)18-25-11-9-8-10-12-25)30(38(48)49-6)19-51-39(27)56-40-37(54-24(5)45)36(53-23(4)44)35(52-22(3)43)34(55-40)20-50-21(2)42/h7-12,15,17,19,27,29,31,34-37,39-40,46-47H,1,13-14,16,18,20H2,2-6H3/t27-,29+,31+,34-,35-,36+,37-,39+,40+/m1/s1. The number of fused-ring (bicyclic) bond motifs is 1. The first kappa shape index (κ1) is 41.7. The molecule has 0 unspecified atom stereocenters. The number of phenolic OH excluding ortho intramolecular Hbond substituents is 2. The summed E-state index contributed by atoms with van der Waals surface area (Å²) >= 11 is 0. The molecule has 56 heavy (non-hydrogen) atoms. The van der Waals surface area contributed by atoms with Gasteiger partial charge in [0.15, 0.2) is 29.8 Å². The van der Waals surface area contributed by atoms with Gasteiger partial charge in [-0.1, -0.05) is 36.4 Å². The number of aromatic hydroxyl groups is 2. The molecule has 0 bridgehead atoms.